The number of ether oxygens (including phenoxy) is 6. The number of esters is 1. The van der Waals surface area contributed by atoms with Crippen molar-refractivity contribution in [2.75, 3.05) is 21.2 Å². The Hall–Kier alpha value is -1.50. The maximum Gasteiger partial charge on any atom is 0.311 e. The normalized spacial score (nSPS) is 49.8. The lowest BCUT2D eigenvalue weighted by molar-refractivity contribution is -0.317. The highest BCUT2D eigenvalue weighted by atomic mass is 16.7. The molecule has 0 amide bonds. The zero-order chi connectivity index (χ0) is 39.7. The van der Waals surface area contributed by atoms with E-state index in [4.69, 9.17) is 28.4 Å². The van der Waals surface area contributed by atoms with Crippen molar-refractivity contribution in [3.63, 3.8) is 0 Å². The van der Waals surface area contributed by atoms with Crippen molar-refractivity contribution < 1.29 is 64.0 Å². The number of carbonyl (C=O) groups is 1. The second-order valence-corrected chi connectivity index (χ2v) is 16.6. The zero-order valence-electron chi connectivity index (χ0n) is 33.4. The Labute approximate surface area is 309 Å². The molecule has 15 heteroatoms. The molecular weight excluding hydrogens is 680 g/mol. The van der Waals surface area contributed by atoms with Crippen molar-refractivity contribution in [1.82, 2.24) is 4.90 Å². The van der Waals surface area contributed by atoms with Crippen LogP contribution in [0.1, 0.15) is 94.9 Å². The number of carbonyl (C=O) groups excluding carboxylic acids is 1. The third-order valence-electron chi connectivity index (χ3n) is 12.0. The summed E-state index contributed by atoms with van der Waals surface area (Å²) in [5, 5.41) is 71.8. The topological polar surface area (TPSA) is 209 Å². The van der Waals surface area contributed by atoms with Crippen molar-refractivity contribution in [2.24, 2.45) is 28.8 Å². The maximum atomic E-state index is 14.1. The third kappa shape index (κ3) is 9.47. The minimum absolute atomic E-state index is 0.0657. The summed E-state index contributed by atoms with van der Waals surface area (Å²) in [6.45, 7) is 16.6. The van der Waals surface area contributed by atoms with E-state index < -0.39 is 102 Å². The van der Waals surface area contributed by atoms with E-state index in [1.165, 1.54) is 14.0 Å². The van der Waals surface area contributed by atoms with Crippen LogP contribution in [0, 0.1) is 23.7 Å². The van der Waals surface area contributed by atoms with Crippen LogP contribution in [0.4, 0.5) is 0 Å². The minimum Gasteiger partial charge on any atom is -0.459 e. The Bertz CT molecular complexity index is 1200. The molecule has 304 valence electrons. The monoisotopic (exact) mass is 748 g/mol. The molecule has 3 rings (SSSR count). The summed E-state index contributed by atoms with van der Waals surface area (Å²) >= 11 is 0. The molecule has 3 aliphatic rings. The molecule has 0 radical (unpaired) electrons. The number of nitrogens with zero attached hydrogens (tertiary/aromatic N) is 2. The molecule has 52 heavy (non-hydrogen) atoms. The first-order valence-corrected chi connectivity index (χ1v) is 18.7. The van der Waals surface area contributed by atoms with E-state index in [9.17, 15) is 35.5 Å². The standard InChI is InChI=1S/C37H68N2O13/c1-14-25-37(10,45)30(41)20(4)27(38-46)18(2)16-35(8,44)32(52-34-28(40)24(39(11)12)15-19(3)48-34)21(5)29(22(6)33(43)50-25)51-26-17-36(9,47-13)31(42)23(7)49-26/h18-26,28-32,34,40-42,44-46H,14-17H2,1-13H3/b38-27-/t18-,19-,20-,21-,22-,23+,24+,25-,26-,28-,29+,30-,31+,32-,34+,35-,36-,37-/m1/s1. The van der Waals surface area contributed by atoms with Gasteiger partial charge in [0, 0.05) is 37.3 Å². The van der Waals surface area contributed by atoms with Crippen molar-refractivity contribution in [3.05, 3.63) is 0 Å². The molecule has 3 aliphatic heterocycles. The van der Waals surface area contributed by atoms with Crippen LogP contribution in [0.3, 0.4) is 0 Å². The van der Waals surface area contributed by atoms with Crippen LogP contribution >= 0.6 is 0 Å². The van der Waals surface area contributed by atoms with E-state index in [1.807, 2.05) is 25.9 Å². The summed E-state index contributed by atoms with van der Waals surface area (Å²) in [5.74, 6) is -4.24. The Morgan fingerprint density at radius 3 is 2.08 bits per heavy atom. The Morgan fingerprint density at radius 1 is 0.923 bits per heavy atom. The average Bonchev–Trinajstić information content (AvgIpc) is 3.06. The van der Waals surface area contributed by atoms with Gasteiger partial charge in [-0.3, -0.25) is 4.79 Å². The van der Waals surface area contributed by atoms with Gasteiger partial charge in [0.15, 0.2) is 12.6 Å². The molecule has 0 unspecified atom stereocenters. The summed E-state index contributed by atoms with van der Waals surface area (Å²) in [7, 11) is 5.19. The van der Waals surface area contributed by atoms with E-state index >= 15 is 0 Å². The molecule has 0 aromatic rings. The number of cyclic esters (lactones) is 1. The van der Waals surface area contributed by atoms with E-state index in [-0.39, 0.29) is 37.1 Å². The van der Waals surface area contributed by atoms with Crippen molar-refractivity contribution in [1.29, 1.82) is 0 Å². The minimum atomic E-state index is -1.97. The van der Waals surface area contributed by atoms with Crippen LogP contribution in [0.25, 0.3) is 0 Å². The fraction of sp³-hybridized carbons (Fsp3) is 0.946. The lowest BCUT2D eigenvalue weighted by Crippen LogP contribution is -2.61. The van der Waals surface area contributed by atoms with Gasteiger partial charge in [-0.05, 0) is 74.9 Å². The van der Waals surface area contributed by atoms with Crippen molar-refractivity contribution >= 4 is 11.7 Å². The first-order chi connectivity index (χ1) is 24.0. The second kappa shape index (κ2) is 17.5. The van der Waals surface area contributed by atoms with Gasteiger partial charge < -0.3 is 64.1 Å². The third-order valence-corrected chi connectivity index (χ3v) is 12.0. The zero-order valence-corrected chi connectivity index (χ0v) is 33.4. The number of hydrogen-bond donors (Lipinski definition) is 6. The van der Waals surface area contributed by atoms with Crippen LogP contribution in [0.2, 0.25) is 0 Å². The maximum absolute atomic E-state index is 14.1. The van der Waals surface area contributed by atoms with Gasteiger partial charge in [-0.25, -0.2) is 0 Å². The van der Waals surface area contributed by atoms with Crippen LogP contribution in [-0.2, 0) is 33.2 Å². The van der Waals surface area contributed by atoms with Crippen LogP contribution in [0.15, 0.2) is 5.16 Å². The van der Waals surface area contributed by atoms with Gasteiger partial charge in [-0.1, -0.05) is 32.9 Å². The van der Waals surface area contributed by atoms with E-state index in [0.717, 1.165) is 0 Å². The lowest BCUT2D eigenvalue weighted by atomic mass is 9.73. The van der Waals surface area contributed by atoms with Gasteiger partial charge >= 0.3 is 5.97 Å². The van der Waals surface area contributed by atoms with Gasteiger partial charge in [0.05, 0.1) is 53.4 Å². The number of methoxy groups -OCH3 is 1. The molecular formula is C37H68N2O13. The molecule has 3 heterocycles. The van der Waals surface area contributed by atoms with E-state index in [1.54, 1.807) is 55.4 Å². The predicted octanol–water partition coefficient (Wildman–Crippen LogP) is 2.05. The largest absolute Gasteiger partial charge is 0.459 e. The predicted molar refractivity (Wildman–Crippen MR) is 190 cm³/mol. The van der Waals surface area contributed by atoms with E-state index in [2.05, 4.69) is 5.16 Å². The molecule has 15 nitrogen and oxygen atoms in total. The number of aliphatic hydroxyl groups excluding tert-OH is 3. The van der Waals surface area contributed by atoms with Crippen LogP contribution < -0.4 is 0 Å². The Morgan fingerprint density at radius 2 is 1.54 bits per heavy atom. The Kier molecular flexibility index (Phi) is 15.1. The van der Waals surface area contributed by atoms with Crippen LogP contribution in [-0.4, -0.2) is 153 Å². The lowest BCUT2D eigenvalue weighted by Gasteiger charge is -2.49. The fourth-order valence-corrected chi connectivity index (χ4v) is 8.61. The summed E-state index contributed by atoms with van der Waals surface area (Å²) in [4.78, 5) is 16.0. The first-order valence-electron chi connectivity index (χ1n) is 18.7. The van der Waals surface area contributed by atoms with Crippen LogP contribution in [0.5, 0.6) is 0 Å². The fourth-order valence-electron chi connectivity index (χ4n) is 8.61. The number of hydrogen-bond acceptors (Lipinski definition) is 15. The van der Waals surface area contributed by atoms with Gasteiger partial charge in [0.25, 0.3) is 0 Å². The molecule has 0 saturated carbocycles. The summed E-state index contributed by atoms with van der Waals surface area (Å²) < 4.78 is 37.2. The Balaban J connectivity index is 2.21. The van der Waals surface area contributed by atoms with Gasteiger partial charge in [-0.15, -0.1) is 0 Å². The average molecular weight is 749 g/mol. The highest BCUT2D eigenvalue weighted by molar-refractivity contribution is 5.88. The molecule has 0 bridgehead atoms. The quantitative estimate of drug-likeness (QED) is 0.125. The summed E-state index contributed by atoms with van der Waals surface area (Å²) in [6, 6.07) is -0.322. The first kappa shape index (κ1) is 44.9. The molecule has 0 aliphatic carbocycles. The number of likely N-dealkylation sites (N-methyl/N-ethyl adjacent to an activating group) is 1. The summed E-state index contributed by atoms with van der Waals surface area (Å²) in [6.07, 6.45) is -9.51. The number of rotatable bonds is 7. The SMILES string of the molecule is CC[C@H]1OC(=O)[C@H](C)[C@@H](O[C@@H]2C[C@@](C)(OC)[C@@H](O)[C@H](C)O2)[C@@H](C)[C@@H](O[C@@H]2O[C@H](C)C[C@H](N(C)C)[C@H]2O)[C@](C)(O)C[C@@H](C)/C(=N/O)[C@@H](C)[C@@H](O)[C@]1(C)O. The van der Waals surface area contributed by atoms with Crippen molar-refractivity contribution in [3.8, 4) is 0 Å². The molecule has 0 spiro atoms. The molecule has 0 aromatic heterocycles. The molecule has 18 atom stereocenters. The van der Waals surface area contributed by atoms with E-state index in [0.29, 0.717) is 6.42 Å². The second-order valence-electron chi connectivity index (χ2n) is 16.6. The molecule has 6 N–H and O–H groups in total. The summed E-state index contributed by atoms with van der Waals surface area (Å²) in [5.41, 5.74) is -4.68. The van der Waals surface area contributed by atoms with Gasteiger partial charge in [0.2, 0.25) is 0 Å². The molecule has 3 fully saturated rings. The van der Waals surface area contributed by atoms with Crippen molar-refractivity contribution in [2.45, 2.75) is 179 Å². The number of aliphatic hydroxyl groups is 5. The van der Waals surface area contributed by atoms with Gasteiger partial charge in [0.1, 0.15) is 23.9 Å². The highest BCUT2D eigenvalue weighted by Gasteiger charge is 2.53. The number of oxime groups is 1. The van der Waals surface area contributed by atoms with Gasteiger partial charge in [-0.2, -0.15) is 0 Å². The highest BCUT2D eigenvalue weighted by Crippen LogP contribution is 2.41. The molecule has 3 saturated heterocycles. The smallest absolute Gasteiger partial charge is 0.311 e. The molecule has 0 aromatic carbocycles.